The van der Waals surface area contributed by atoms with E-state index in [1.807, 2.05) is 6.92 Å². The molecule has 7 nitrogen and oxygen atoms in total. The Kier molecular flexibility index (Phi) is 8.89. The van der Waals surface area contributed by atoms with Crippen LogP contribution in [0, 0.1) is 12.8 Å². The van der Waals surface area contributed by atoms with Gasteiger partial charge in [-0.05, 0) is 82.3 Å². The Morgan fingerprint density at radius 2 is 1.89 bits per heavy atom. The van der Waals surface area contributed by atoms with E-state index in [1.165, 1.54) is 18.1 Å². The quantitative estimate of drug-likeness (QED) is 0.371. The number of phenols is 1. The highest BCUT2D eigenvalue weighted by atomic mass is 16.7. The molecule has 1 heterocycles. The van der Waals surface area contributed by atoms with E-state index in [9.17, 15) is 20.1 Å². The van der Waals surface area contributed by atoms with Gasteiger partial charge in [-0.1, -0.05) is 31.6 Å². The summed E-state index contributed by atoms with van der Waals surface area (Å²) in [6, 6.07) is 2.10. The Labute approximate surface area is 209 Å². The molecule has 0 bridgehead atoms. The minimum Gasteiger partial charge on any atom is -0.504 e. The van der Waals surface area contributed by atoms with Crippen LogP contribution in [0.4, 0.5) is 0 Å². The topological polar surface area (TPSA) is 105 Å². The number of fused-ring (bicyclic) bond motifs is 1. The van der Waals surface area contributed by atoms with Gasteiger partial charge >= 0.3 is 5.97 Å². The van der Waals surface area contributed by atoms with E-state index in [2.05, 4.69) is 39.8 Å². The first-order valence-corrected chi connectivity index (χ1v) is 12.8. The number of aliphatic hydroxyl groups is 2. The van der Waals surface area contributed by atoms with Crippen LogP contribution < -0.4 is 4.74 Å². The standard InChI is InChI=1S/C28H42O7/c1-14(2)9-8-10-15(3)20-12-11-16(4)22-21(20)13-17(5)26(23(22)30)35-28-25(32)24(31)27(18(6)33-28)34-19(7)29/h9,13,15-16,18,20,24-25,27-28,30-32H,8,10-12H2,1-7H3/t15-,16-,18-,20+,24-,25-,27+,28-/m0/s1. The summed E-state index contributed by atoms with van der Waals surface area (Å²) in [4.78, 5) is 11.4. The lowest BCUT2D eigenvalue weighted by Gasteiger charge is -2.41. The molecule has 1 aliphatic carbocycles. The molecule has 0 aromatic heterocycles. The lowest BCUT2D eigenvalue weighted by molar-refractivity contribution is -0.272. The third kappa shape index (κ3) is 6.01. The fraction of sp³-hybridized carbons (Fsp3) is 0.679. The molecule has 196 valence electrons. The number of rotatable bonds is 7. The van der Waals surface area contributed by atoms with Crippen molar-refractivity contribution in [2.45, 2.75) is 117 Å². The summed E-state index contributed by atoms with van der Waals surface area (Å²) in [6.45, 7) is 13.4. The first kappa shape index (κ1) is 27.5. The van der Waals surface area contributed by atoms with Crippen molar-refractivity contribution in [3.05, 3.63) is 34.4 Å². The number of aliphatic hydroxyl groups excluding tert-OH is 2. The van der Waals surface area contributed by atoms with Gasteiger partial charge in [0.1, 0.15) is 12.2 Å². The Morgan fingerprint density at radius 1 is 1.20 bits per heavy atom. The zero-order valence-corrected chi connectivity index (χ0v) is 22.1. The Morgan fingerprint density at radius 3 is 2.51 bits per heavy atom. The highest BCUT2D eigenvalue weighted by Gasteiger charge is 2.46. The molecule has 1 aliphatic heterocycles. The second-order valence-corrected chi connectivity index (χ2v) is 10.7. The van der Waals surface area contributed by atoms with Gasteiger partial charge in [0, 0.05) is 12.5 Å². The van der Waals surface area contributed by atoms with E-state index in [4.69, 9.17) is 14.2 Å². The van der Waals surface area contributed by atoms with Crippen LogP contribution in [0.2, 0.25) is 0 Å². The molecule has 7 heteroatoms. The molecule has 1 aromatic carbocycles. The maximum Gasteiger partial charge on any atom is 0.303 e. The number of phenolic OH excluding ortho intramolecular Hbond substituents is 1. The molecule has 0 radical (unpaired) electrons. The molecule has 0 spiro atoms. The maximum absolute atomic E-state index is 11.4. The summed E-state index contributed by atoms with van der Waals surface area (Å²) in [5, 5.41) is 32.5. The van der Waals surface area contributed by atoms with E-state index >= 15 is 0 Å². The maximum atomic E-state index is 11.4. The van der Waals surface area contributed by atoms with E-state index in [0.29, 0.717) is 11.8 Å². The largest absolute Gasteiger partial charge is 0.504 e. The second kappa shape index (κ2) is 11.3. The van der Waals surface area contributed by atoms with Gasteiger partial charge in [-0.2, -0.15) is 0 Å². The molecule has 3 N–H and O–H groups in total. The van der Waals surface area contributed by atoms with Crippen molar-refractivity contribution >= 4 is 5.97 Å². The van der Waals surface area contributed by atoms with Gasteiger partial charge in [0.2, 0.25) is 6.29 Å². The molecule has 3 rings (SSSR count). The van der Waals surface area contributed by atoms with Crippen molar-refractivity contribution in [3.63, 3.8) is 0 Å². The minimum atomic E-state index is -1.45. The summed E-state index contributed by atoms with van der Waals surface area (Å²) in [6.07, 6.45) is 0.709. The van der Waals surface area contributed by atoms with Gasteiger partial charge in [0.05, 0.1) is 6.10 Å². The number of aromatic hydroxyl groups is 1. The van der Waals surface area contributed by atoms with Crippen LogP contribution in [0.3, 0.4) is 0 Å². The highest BCUT2D eigenvalue weighted by Crippen LogP contribution is 2.51. The second-order valence-electron chi connectivity index (χ2n) is 10.7. The number of benzene rings is 1. The summed E-state index contributed by atoms with van der Waals surface area (Å²) in [5.74, 6) is 0.757. The van der Waals surface area contributed by atoms with Crippen LogP contribution in [0.25, 0.3) is 0 Å². The van der Waals surface area contributed by atoms with Crippen molar-refractivity contribution in [1.82, 2.24) is 0 Å². The summed E-state index contributed by atoms with van der Waals surface area (Å²) in [5.41, 5.74) is 4.14. The number of carbonyl (C=O) groups is 1. The molecule has 1 fully saturated rings. The monoisotopic (exact) mass is 490 g/mol. The normalized spacial score (nSPS) is 31.3. The van der Waals surface area contributed by atoms with Crippen LogP contribution in [-0.4, -0.2) is 52.0 Å². The number of aryl methyl sites for hydroxylation is 1. The molecule has 8 atom stereocenters. The van der Waals surface area contributed by atoms with E-state index in [1.54, 1.807) is 6.92 Å². The summed E-state index contributed by atoms with van der Waals surface area (Å²) < 4.78 is 16.9. The van der Waals surface area contributed by atoms with E-state index < -0.39 is 36.7 Å². The van der Waals surface area contributed by atoms with Crippen LogP contribution in [0.15, 0.2) is 17.7 Å². The Bertz CT molecular complexity index is 936. The number of allylic oxidation sites excluding steroid dienone is 2. The number of carbonyl (C=O) groups excluding carboxylic acids is 1. The number of ether oxygens (including phenoxy) is 3. The molecule has 1 aromatic rings. The van der Waals surface area contributed by atoms with Crippen molar-refractivity contribution in [2.75, 3.05) is 0 Å². The molecule has 0 saturated carbocycles. The highest BCUT2D eigenvalue weighted by molar-refractivity contribution is 5.66. The van der Waals surface area contributed by atoms with E-state index in [0.717, 1.165) is 36.8 Å². The molecular weight excluding hydrogens is 448 g/mol. The summed E-state index contributed by atoms with van der Waals surface area (Å²) in [7, 11) is 0. The van der Waals surface area contributed by atoms with Crippen molar-refractivity contribution in [2.24, 2.45) is 5.92 Å². The molecular formula is C28H42O7. The van der Waals surface area contributed by atoms with Gasteiger partial charge in [-0.15, -0.1) is 0 Å². The van der Waals surface area contributed by atoms with E-state index in [-0.39, 0.29) is 17.4 Å². The predicted molar refractivity (Wildman–Crippen MR) is 134 cm³/mol. The average molecular weight is 491 g/mol. The fourth-order valence-corrected chi connectivity index (χ4v) is 5.53. The van der Waals surface area contributed by atoms with Crippen molar-refractivity contribution in [1.29, 1.82) is 0 Å². The number of esters is 1. The van der Waals surface area contributed by atoms with Gasteiger partial charge in [-0.3, -0.25) is 4.79 Å². The molecule has 35 heavy (non-hydrogen) atoms. The first-order valence-electron chi connectivity index (χ1n) is 12.8. The van der Waals surface area contributed by atoms with Gasteiger partial charge in [-0.25, -0.2) is 0 Å². The molecule has 1 saturated heterocycles. The predicted octanol–water partition coefficient (Wildman–Crippen LogP) is 4.84. The van der Waals surface area contributed by atoms with Crippen LogP contribution in [0.5, 0.6) is 11.5 Å². The lowest BCUT2D eigenvalue weighted by Crippen LogP contribution is -2.59. The zero-order chi connectivity index (χ0) is 26.0. The smallest absolute Gasteiger partial charge is 0.303 e. The summed E-state index contributed by atoms with van der Waals surface area (Å²) >= 11 is 0. The van der Waals surface area contributed by atoms with Crippen LogP contribution in [-0.2, 0) is 14.3 Å². The fourth-order valence-electron chi connectivity index (χ4n) is 5.53. The Hall–Kier alpha value is -2.09. The van der Waals surface area contributed by atoms with Gasteiger partial charge < -0.3 is 29.5 Å². The van der Waals surface area contributed by atoms with Crippen LogP contribution in [0.1, 0.15) is 95.8 Å². The molecule has 0 unspecified atom stereocenters. The molecule has 2 aliphatic rings. The van der Waals surface area contributed by atoms with Gasteiger partial charge in [0.15, 0.2) is 17.6 Å². The SMILES string of the molecule is CC(=O)O[C@H]1[C@@H](O)[C@H](O)[C@H](Oc2c(C)cc3c(c2O)[C@@H](C)CC[C@@H]3[C@@H](C)CCC=C(C)C)O[C@H]1C. The third-order valence-corrected chi connectivity index (χ3v) is 7.49. The zero-order valence-electron chi connectivity index (χ0n) is 22.1. The van der Waals surface area contributed by atoms with Crippen LogP contribution >= 0.6 is 0 Å². The van der Waals surface area contributed by atoms with Gasteiger partial charge in [0.25, 0.3) is 0 Å². The number of hydrogen-bond acceptors (Lipinski definition) is 7. The number of hydrogen-bond donors (Lipinski definition) is 3. The minimum absolute atomic E-state index is 0.0775. The first-order chi connectivity index (χ1) is 16.4. The molecule has 0 amide bonds. The third-order valence-electron chi connectivity index (χ3n) is 7.49. The average Bonchev–Trinajstić information content (AvgIpc) is 2.76. The van der Waals surface area contributed by atoms with Crippen molar-refractivity contribution in [3.8, 4) is 11.5 Å². The Balaban J connectivity index is 1.86. The van der Waals surface area contributed by atoms with Crippen molar-refractivity contribution < 1.29 is 34.3 Å². The lowest BCUT2D eigenvalue weighted by atomic mass is 9.70.